The fourth-order valence-electron chi connectivity index (χ4n) is 4.57. The lowest BCUT2D eigenvalue weighted by molar-refractivity contribution is -0.270. The highest BCUT2D eigenvalue weighted by molar-refractivity contribution is 5.65. The first-order valence-electron chi connectivity index (χ1n) is 13.0. The lowest BCUT2D eigenvalue weighted by atomic mass is 9.92. The van der Waals surface area contributed by atoms with E-state index in [1.54, 1.807) is 0 Å². The molecule has 1 fully saturated rings. The Balaban J connectivity index is 1.62. The molecule has 0 radical (unpaired) electrons. The monoisotopic (exact) mass is 516 g/mol. The third-order valence-corrected chi connectivity index (χ3v) is 6.44. The molecule has 1 saturated heterocycles. The van der Waals surface area contributed by atoms with Crippen LogP contribution in [0.2, 0.25) is 0 Å². The zero-order chi connectivity index (χ0) is 26.6. The molecule has 0 aromatic heterocycles. The molecule has 1 aliphatic heterocycles. The van der Waals surface area contributed by atoms with Crippen LogP contribution >= 0.6 is 0 Å². The van der Waals surface area contributed by atoms with Crippen LogP contribution in [0.5, 0.6) is 0 Å². The van der Waals surface area contributed by atoms with Crippen molar-refractivity contribution >= 4 is 5.97 Å². The van der Waals surface area contributed by atoms with Crippen LogP contribution in [0.25, 0.3) is 0 Å². The number of hydrogen-bond donors (Lipinski definition) is 0. The Kier molecular flexibility index (Phi) is 10.7. The highest BCUT2D eigenvalue weighted by Gasteiger charge is 2.48. The van der Waals surface area contributed by atoms with E-state index in [-0.39, 0.29) is 18.7 Å². The van der Waals surface area contributed by atoms with Crippen molar-refractivity contribution in [3.8, 4) is 0 Å². The maximum Gasteiger partial charge on any atom is 0.302 e. The van der Waals surface area contributed by atoms with Crippen molar-refractivity contribution in [2.24, 2.45) is 0 Å². The lowest BCUT2D eigenvalue weighted by Gasteiger charge is -2.46. The van der Waals surface area contributed by atoms with Crippen LogP contribution < -0.4 is 0 Å². The van der Waals surface area contributed by atoms with Gasteiger partial charge in [-0.15, -0.1) is 6.58 Å². The Hall–Kier alpha value is -3.29. The van der Waals surface area contributed by atoms with Crippen molar-refractivity contribution in [3.05, 3.63) is 120 Å². The quantitative estimate of drug-likeness (QED) is 0.216. The van der Waals surface area contributed by atoms with Crippen molar-refractivity contribution in [1.82, 2.24) is 0 Å². The molecule has 0 spiro atoms. The molecular formula is C32H36O6. The second kappa shape index (κ2) is 14.6. The summed E-state index contributed by atoms with van der Waals surface area (Å²) in [6, 6.07) is 29.9. The average molecular weight is 517 g/mol. The first-order chi connectivity index (χ1) is 18.6. The maximum atomic E-state index is 11.7. The van der Waals surface area contributed by atoms with Gasteiger partial charge in [-0.3, -0.25) is 4.79 Å². The van der Waals surface area contributed by atoms with Crippen LogP contribution in [-0.2, 0) is 48.3 Å². The second-order valence-electron chi connectivity index (χ2n) is 9.32. The predicted octanol–water partition coefficient (Wildman–Crippen LogP) is 5.65. The van der Waals surface area contributed by atoms with Gasteiger partial charge >= 0.3 is 5.97 Å². The van der Waals surface area contributed by atoms with Crippen LogP contribution in [0.4, 0.5) is 0 Å². The number of ether oxygens (including phenoxy) is 5. The summed E-state index contributed by atoms with van der Waals surface area (Å²) in [5, 5.41) is 0. The Morgan fingerprint density at radius 2 is 1.13 bits per heavy atom. The molecule has 3 aromatic rings. The summed E-state index contributed by atoms with van der Waals surface area (Å²) >= 11 is 0. The highest BCUT2D eigenvalue weighted by Crippen LogP contribution is 2.32. The Morgan fingerprint density at radius 3 is 1.55 bits per heavy atom. The zero-order valence-electron chi connectivity index (χ0n) is 21.8. The van der Waals surface area contributed by atoms with E-state index in [0.717, 1.165) is 16.7 Å². The molecule has 6 nitrogen and oxygen atoms in total. The normalized spacial score (nSPS) is 23.0. The fraction of sp³-hybridized carbons (Fsp3) is 0.344. The minimum Gasteiger partial charge on any atom is -0.463 e. The molecule has 3 unspecified atom stereocenters. The van der Waals surface area contributed by atoms with Gasteiger partial charge in [0, 0.05) is 6.92 Å². The number of hydrogen-bond acceptors (Lipinski definition) is 6. The van der Waals surface area contributed by atoms with Gasteiger partial charge in [-0.25, -0.2) is 0 Å². The largest absolute Gasteiger partial charge is 0.463 e. The van der Waals surface area contributed by atoms with E-state index in [9.17, 15) is 4.79 Å². The molecule has 0 aliphatic carbocycles. The first kappa shape index (κ1) is 27.7. The van der Waals surface area contributed by atoms with Gasteiger partial charge in [0.05, 0.1) is 25.9 Å². The van der Waals surface area contributed by atoms with Gasteiger partial charge in [0.2, 0.25) is 0 Å². The van der Waals surface area contributed by atoms with E-state index >= 15 is 0 Å². The van der Waals surface area contributed by atoms with E-state index in [2.05, 4.69) is 6.58 Å². The third kappa shape index (κ3) is 8.10. The topological polar surface area (TPSA) is 63.2 Å². The smallest absolute Gasteiger partial charge is 0.302 e. The van der Waals surface area contributed by atoms with Crippen LogP contribution in [0, 0.1) is 0 Å². The van der Waals surface area contributed by atoms with Crippen LogP contribution in [0.15, 0.2) is 104 Å². The summed E-state index contributed by atoms with van der Waals surface area (Å²) in [5.74, 6) is -0.375. The number of benzene rings is 3. The van der Waals surface area contributed by atoms with E-state index < -0.39 is 24.4 Å². The second-order valence-corrected chi connectivity index (χ2v) is 9.32. The van der Waals surface area contributed by atoms with Crippen molar-refractivity contribution in [1.29, 1.82) is 0 Å². The molecule has 5 atom stereocenters. The lowest BCUT2D eigenvalue weighted by Crippen LogP contribution is -2.61. The predicted molar refractivity (Wildman–Crippen MR) is 145 cm³/mol. The number of carbonyl (C=O) groups is 1. The Morgan fingerprint density at radius 1 is 0.711 bits per heavy atom. The van der Waals surface area contributed by atoms with E-state index in [1.165, 1.54) is 6.92 Å². The van der Waals surface area contributed by atoms with Gasteiger partial charge in [-0.2, -0.15) is 0 Å². The Labute approximate surface area is 225 Å². The van der Waals surface area contributed by atoms with E-state index in [1.807, 2.05) is 97.1 Å². The molecule has 0 amide bonds. The summed E-state index contributed by atoms with van der Waals surface area (Å²) in [6.45, 7) is 6.50. The summed E-state index contributed by atoms with van der Waals surface area (Å²) in [5.41, 5.74) is 3.12. The Bertz CT molecular complexity index is 1100. The summed E-state index contributed by atoms with van der Waals surface area (Å²) in [7, 11) is 0. The van der Waals surface area contributed by atoms with E-state index in [0.29, 0.717) is 26.2 Å². The fourth-order valence-corrected chi connectivity index (χ4v) is 4.57. The average Bonchev–Trinajstić information content (AvgIpc) is 2.95. The molecule has 1 heterocycles. The van der Waals surface area contributed by atoms with Gasteiger partial charge in [0.15, 0.2) is 0 Å². The molecule has 3 aromatic carbocycles. The van der Waals surface area contributed by atoms with E-state index in [4.69, 9.17) is 23.7 Å². The molecule has 0 N–H and O–H groups in total. The number of esters is 1. The minimum absolute atomic E-state index is 0.0546. The van der Waals surface area contributed by atoms with Gasteiger partial charge < -0.3 is 23.7 Å². The molecule has 200 valence electrons. The van der Waals surface area contributed by atoms with Gasteiger partial charge in [-0.05, 0) is 23.1 Å². The summed E-state index contributed by atoms with van der Waals surface area (Å²) in [6.07, 6.45) is 0.00524. The van der Waals surface area contributed by atoms with Crippen LogP contribution in [0.1, 0.15) is 30.0 Å². The van der Waals surface area contributed by atoms with Gasteiger partial charge in [0.25, 0.3) is 0 Å². The molecule has 38 heavy (non-hydrogen) atoms. The standard InChI is InChI=1S/C32H36O6/c1-3-13-28-30(35-20-25-14-7-4-8-15-25)32(37-22-27-18-11-6-12-19-27)31(29(38-28)23-34-24(2)33)36-21-26-16-9-5-10-17-26/h3-12,14-19,28-32H,1,13,20-23H2,2H3/t28-,29?,30?,31-,32?/m1/s1. The van der Waals surface area contributed by atoms with Crippen molar-refractivity contribution in [3.63, 3.8) is 0 Å². The summed E-state index contributed by atoms with van der Waals surface area (Å²) < 4.78 is 31.4. The van der Waals surface area contributed by atoms with Crippen molar-refractivity contribution in [2.45, 2.75) is 63.7 Å². The van der Waals surface area contributed by atoms with Crippen LogP contribution in [0.3, 0.4) is 0 Å². The number of rotatable bonds is 13. The minimum atomic E-state index is -0.542. The van der Waals surface area contributed by atoms with Crippen molar-refractivity contribution < 1.29 is 28.5 Å². The molecule has 4 rings (SSSR count). The highest BCUT2D eigenvalue weighted by atomic mass is 16.6. The SMILES string of the molecule is C=CC[C@H]1OC(COC(C)=O)[C@@H](OCc2ccccc2)C(OCc2ccccc2)C1OCc1ccccc1. The molecule has 1 aliphatic rings. The number of carbonyl (C=O) groups excluding carboxylic acids is 1. The maximum absolute atomic E-state index is 11.7. The summed E-state index contributed by atoms with van der Waals surface area (Å²) in [4.78, 5) is 11.7. The molecule has 0 bridgehead atoms. The third-order valence-electron chi connectivity index (χ3n) is 6.44. The molecule has 0 saturated carbocycles. The van der Waals surface area contributed by atoms with Gasteiger partial charge in [-0.1, -0.05) is 97.1 Å². The molecule has 6 heteroatoms. The van der Waals surface area contributed by atoms with Crippen molar-refractivity contribution in [2.75, 3.05) is 6.61 Å². The zero-order valence-corrected chi connectivity index (χ0v) is 21.8. The van der Waals surface area contributed by atoms with Crippen LogP contribution in [-0.4, -0.2) is 43.1 Å². The molecular weight excluding hydrogens is 480 g/mol. The van der Waals surface area contributed by atoms with Gasteiger partial charge in [0.1, 0.15) is 31.0 Å². The first-order valence-corrected chi connectivity index (χ1v) is 13.0.